The molecule has 0 fully saturated rings. The Bertz CT molecular complexity index is 193. The summed E-state index contributed by atoms with van der Waals surface area (Å²) >= 11 is 0. The van der Waals surface area contributed by atoms with Gasteiger partial charge in [-0.05, 0) is 6.42 Å². The fourth-order valence-corrected chi connectivity index (χ4v) is 1.22. The van der Waals surface area contributed by atoms with Gasteiger partial charge in [0.15, 0.2) is 0 Å². The molecule has 0 aromatic rings. The van der Waals surface area contributed by atoms with Crippen molar-refractivity contribution in [2.75, 3.05) is 6.61 Å². The first-order valence-electron chi connectivity index (χ1n) is 5.41. The normalized spacial score (nSPS) is 13.7. The molecule has 2 nitrogen and oxygen atoms in total. The number of unbranched alkanes of at least 4 members (excludes halogenated alkanes) is 2. The SMILES string of the molecule is CCCCCC(F)(F)C(C)COC(C)=O. The van der Waals surface area contributed by atoms with Crippen LogP contribution in [0.3, 0.4) is 0 Å². The van der Waals surface area contributed by atoms with Gasteiger partial charge in [-0.15, -0.1) is 0 Å². The lowest BCUT2D eigenvalue weighted by atomic mass is 9.99. The summed E-state index contributed by atoms with van der Waals surface area (Å²) in [6.07, 6.45) is 2.14. The largest absolute Gasteiger partial charge is 0.465 e. The van der Waals surface area contributed by atoms with E-state index in [1.54, 1.807) is 0 Å². The third-order valence-corrected chi connectivity index (χ3v) is 2.37. The number of rotatable bonds is 7. The smallest absolute Gasteiger partial charge is 0.302 e. The summed E-state index contributed by atoms with van der Waals surface area (Å²) in [4.78, 5) is 10.5. The van der Waals surface area contributed by atoms with E-state index in [4.69, 9.17) is 0 Å². The van der Waals surface area contributed by atoms with Crippen LogP contribution in [0.2, 0.25) is 0 Å². The quantitative estimate of drug-likeness (QED) is 0.487. The minimum atomic E-state index is -2.73. The van der Waals surface area contributed by atoms with Crippen molar-refractivity contribution in [2.45, 2.75) is 52.4 Å². The van der Waals surface area contributed by atoms with Crippen molar-refractivity contribution in [3.63, 3.8) is 0 Å². The molecule has 4 heteroatoms. The van der Waals surface area contributed by atoms with E-state index >= 15 is 0 Å². The summed E-state index contributed by atoms with van der Waals surface area (Å²) in [7, 11) is 0. The van der Waals surface area contributed by atoms with Gasteiger partial charge >= 0.3 is 5.97 Å². The maximum Gasteiger partial charge on any atom is 0.302 e. The van der Waals surface area contributed by atoms with E-state index < -0.39 is 17.8 Å². The molecule has 0 saturated carbocycles. The average Bonchev–Trinajstić information content (AvgIpc) is 2.14. The van der Waals surface area contributed by atoms with Crippen molar-refractivity contribution in [3.05, 3.63) is 0 Å². The maximum absolute atomic E-state index is 13.4. The number of carbonyl (C=O) groups is 1. The van der Waals surface area contributed by atoms with Crippen LogP contribution < -0.4 is 0 Å². The van der Waals surface area contributed by atoms with Crippen molar-refractivity contribution >= 4 is 5.97 Å². The Morgan fingerprint density at radius 3 is 2.47 bits per heavy atom. The van der Waals surface area contributed by atoms with Gasteiger partial charge < -0.3 is 4.74 Å². The van der Waals surface area contributed by atoms with E-state index in [0.717, 1.165) is 12.8 Å². The molecule has 0 amide bonds. The first-order chi connectivity index (χ1) is 6.90. The number of halogens is 2. The molecule has 1 unspecified atom stereocenters. The molecule has 0 aromatic carbocycles. The molecular formula is C11H20F2O2. The molecule has 90 valence electrons. The third-order valence-electron chi connectivity index (χ3n) is 2.37. The van der Waals surface area contributed by atoms with E-state index in [-0.39, 0.29) is 13.0 Å². The Kier molecular flexibility index (Phi) is 6.45. The summed E-state index contributed by atoms with van der Waals surface area (Å²) in [6, 6.07) is 0. The van der Waals surface area contributed by atoms with Gasteiger partial charge in [0.05, 0.1) is 12.5 Å². The van der Waals surface area contributed by atoms with Crippen molar-refractivity contribution in [3.8, 4) is 0 Å². The standard InChI is InChI=1S/C11H20F2O2/c1-4-5-6-7-11(12,13)9(2)8-15-10(3)14/h9H,4-8H2,1-3H3. The predicted octanol–water partition coefficient (Wildman–Crippen LogP) is 3.40. The van der Waals surface area contributed by atoms with Gasteiger partial charge in [-0.3, -0.25) is 4.79 Å². The zero-order valence-corrected chi connectivity index (χ0v) is 9.69. The molecule has 0 saturated heterocycles. The average molecular weight is 222 g/mol. The second kappa shape index (κ2) is 6.75. The molecule has 0 bridgehead atoms. The summed E-state index contributed by atoms with van der Waals surface area (Å²) in [5.41, 5.74) is 0. The summed E-state index contributed by atoms with van der Waals surface area (Å²) in [6.45, 7) is 4.41. The van der Waals surface area contributed by atoms with Gasteiger partial charge in [-0.25, -0.2) is 8.78 Å². The highest BCUT2D eigenvalue weighted by Gasteiger charge is 2.36. The zero-order valence-electron chi connectivity index (χ0n) is 9.69. The van der Waals surface area contributed by atoms with Gasteiger partial charge in [-0.2, -0.15) is 0 Å². The molecule has 0 N–H and O–H groups in total. The molecule has 0 radical (unpaired) electrons. The number of alkyl halides is 2. The Morgan fingerprint density at radius 2 is 2.00 bits per heavy atom. The molecule has 0 aromatic heterocycles. The lowest BCUT2D eigenvalue weighted by Gasteiger charge is -2.23. The third kappa shape index (κ3) is 6.42. The first-order valence-corrected chi connectivity index (χ1v) is 5.41. The highest BCUT2D eigenvalue weighted by atomic mass is 19.3. The van der Waals surface area contributed by atoms with Crippen LogP contribution in [0, 0.1) is 5.92 Å². The molecule has 0 rings (SSSR count). The molecule has 0 aliphatic heterocycles. The van der Waals surface area contributed by atoms with E-state index in [1.165, 1.54) is 13.8 Å². The molecule has 0 aliphatic rings. The number of carbonyl (C=O) groups excluding carboxylic acids is 1. The van der Waals surface area contributed by atoms with Gasteiger partial charge in [0.1, 0.15) is 0 Å². The summed E-state index contributed by atoms with van der Waals surface area (Å²) in [5, 5.41) is 0. The van der Waals surface area contributed by atoms with Crippen LogP contribution in [0.25, 0.3) is 0 Å². The number of ether oxygens (including phenoxy) is 1. The van der Waals surface area contributed by atoms with Gasteiger partial charge in [-0.1, -0.05) is 26.7 Å². The Morgan fingerprint density at radius 1 is 1.40 bits per heavy atom. The predicted molar refractivity (Wildman–Crippen MR) is 54.9 cm³/mol. The lowest BCUT2D eigenvalue weighted by Crippen LogP contribution is -2.30. The Hall–Kier alpha value is -0.670. The van der Waals surface area contributed by atoms with Crippen LogP contribution >= 0.6 is 0 Å². The van der Waals surface area contributed by atoms with Crippen LogP contribution in [0.15, 0.2) is 0 Å². The van der Waals surface area contributed by atoms with Crippen LogP contribution in [-0.4, -0.2) is 18.5 Å². The Balaban J connectivity index is 3.90. The minimum Gasteiger partial charge on any atom is -0.465 e. The molecular weight excluding hydrogens is 202 g/mol. The fourth-order valence-electron chi connectivity index (χ4n) is 1.22. The van der Waals surface area contributed by atoms with E-state index in [0.29, 0.717) is 6.42 Å². The Labute approximate surface area is 90.0 Å². The number of hydrogen-bond acceptors (Lipinski definition) is 2. The van der Waals surface area contributed by atoms with Crippen molar-refractivity contribution in [2.24, 2.45) is 5.92 Å². The van der Waals surface area contributed by atoms with E-state index in [1.807, 2.05) is 6.92 Å². The molecule has 1 atom stereocenters. The van der Waals surface area contributed by atoms with E-state index in [9.17, 15) is 13.6 Å². The van der Waals surface area contributed by atoms with Gasteiger partial charge in [0.25, 0.3) is 5.92 Å². The topological polar surface area (TPSA) is 26.3 Å². The first kappa shape index (κ1) is 14.3. The van der Waals surface area contributed by atoms with Crippen LogP contribution in [0.4, 0.5) is 8.78 Å². The highest BCUT2D eigenvalue weighted by Crippen LogP contribution is 2.30. The van der Waals surface area contributed by atoms with Crippen molar-refractivity contribution < 1.29 is 18.3 Å². The molecule has 0 spiro atoms. The van der Waals surface area contributed by atoms with Crippen molar-refractivity contribution in [1.82, 2.24) is 0 Å². The fraction of sp³-hybridized carbons (Fsp3) is 0.909. The second-order valence-corrected chi connectivity index (χ2v) is 3.92. The number of hydrogen-bond donors (Lipinski definition) is 0. The van der Waals surface area contributed by atoms with Gasteiger partial charge in [0, 0.05) is 13.3 Å². The number of esters is 1. The minimum absolute atomic E-state index is 0.122. The van der Waals surface area contributed by atoms with E-state index in [2.05, 4.69) is 4.74 Å². The monoisotopic (exact) mass is 222 g/mol. The summed E-state index contributed by atoms with van der Waals surface area (Å²) in [5.74, 6) is -4.14. The maximum atomic E-state index is 13.4. The van der Waals surface area contributed by atoms with Crippen molar-refractivity contribution in [1.29, 1.82) is 0 Å². The molecule has 0 aliphatic carbocycles. The molecule has 0 heterocycles. The second-order valence-electron chi connectivity index (χ2n) is 3.92. The molecule has 15 heavy (non-hydrogen) atoms. The summed E-state index contributed by atoms with van der Waals surface area (Å²) < 4.78 is 31.4. The zero-order chi connectivity index (χ0) is 11.9. The van der Waals surface area contributed by atoms with Gasteiger partial charge in [0.2, 0.25) is 0 Å². The van der Waals surface area contributed by atoms with Crippen LogP contribution in [-0.2, 0) is 9.53 Å². The van der Waals surface area contributed by atoms with Crippen LogP contribution in [0.5, 0.6) is 0 Å². The highest BCUT2D eigenvalue weighted by molar-refractivity contribution is 5.65. The van der Waals surface area contributed by atoms with Crippen LogP contribution in [0.1, 0.15) is 46.5 Å². The lowest BCUT2D eigenvalue weighted by molar-refractivity contribution is -0.148.